The fraction of sp³-hybridized carbons (Fsp3) is 1.00. The lowest BCUT2D eigenvalue weighted by molar-refractivity contribution is 0.0144. The molecule has 0 aliphatic carbocycles. The smallest absolute Gasteiger partial charge is 0.0699 e. The highest BCUT2D eigenvalue weighted by Crippen LogP contribution is 2.11. The zero-order valence-corrected chi connectivity index (χ0v) is 7.51. The van der Waals surface area contributed by atoms with Crippen LogP contribution in [0.15, 0.2) is 0 Å². The second-order valence-electron chi connectivity index (χ2n) is 3.75. The SMILES string of the molecule is C1CCC(CNC2CNC2)OC1. The zero-order chi connectivity index (χ0) is 8.23. The molecule has 12 heavy (non-hydrogen) atoms. The first-order valence-corrected chi connectivity index (χ1v) is 5.01. The summed E-state index contributed by atoms with van der Waals surface area (Å²) >= 11 is 0. The normalized spacial score (nSPS) is 31.5. The van der Waals surface area contributed by atoms with Crippen molar-refractivity contribution in [1.82, 2.24) is 10.6 Å². The highest BCUT2D eigenvalue weighted by atomic mass is 16.5. The third kappa shape index (κ3) is 2.19. The van der Waals surface area contributed by atoms with Crippen molar-refractivity contribution in [2.75, 3.05) is 26.2 Å². The second kappa shape index (κ2) is 4.21. The van der Waals surface area contributed by atoms with Crippen LogP contribution in [0.2, 0.25) is 0 Å². The first-order chi connectivity index (χ1) is 5.95. The predicted molar refractivity (Wildman–Crippen MR) is 48.3 cm³/mol. The largest absolute Gasteiger partial charge is 0.377 e. The zero-order valence-electron chi connectivity index (χ0n) is 7.51. The Morgan fingerprint density at radius 2 is 2.25 bits per heavy atom. The molecule has 0 aromatic heterocycles. The Hall–Kier alpha value is -0.120. The first-order valence-electron chi connectivity index (χ1n) is 5.01. The summed E-state index contributed by atoms with van der Waals surface area (Å²) in [5.74, 6) is 0. The predicted octanol–water partition coefficient (Wildman–Crippen LogP) is 0.117. The van der Waals surface area contributed by atoms with Crippen LogP contribution in [0.25, 0.3) is 0 Å². The van der Waals surface area contributed by atoms with E-state index in [1.807, 2.05) is 0 Å². The lowest BCUT2D eigenvalue weighted by Gasteiger charge is -2.31. The summed E-state index contributed by atoms with van der Waals surface area (Å²) in [6.07, 6.45) is 4.32. The number of ether oxygens (including phenoxy) is 1. The van der Waals surface area contributed by atoms with Crippen molar-refractivity contribution >= 4 is 0 Å². The molecule has 0 bridgehead atoms. The van der Waals surface area contributed by atoms with Crippen molar-refractivity contribution in [3.63, 3.8) is 0 Å². The Labute approximate surface area is 73.9 Å². The van der Waals surface area contributed by atoms with Crippen LogP contribution in [-0.4, -0.2) is 38.4 Å². The van der Waals surface area contributed by atoms with Gasteiger partial charge in [0, 0.05) is 32.3 Å². The van der Waals surface area contributed by atoms with Crippen LogP contribution in [0.3, 0.4) is 0 Å². The van der Waals surface area contributed by atoms with E-state index in [1.165, 1.54) is 19.3 Å². The summed E-state index contributed by atoms with van der Waals surface area (Å²) in [5.41, 5.74) is 0. The molecule has 3 heteroatoms. The Morgan fingerprint density at radius 3 is 2.83 bits per heavy atom. The number of hydrogen-bond acceptors (Lipinski definition) is 3. The summed E-state index contributed by atoms with van der Waals surface area (Å²) in [6.45, 7) is 4.28. The van der Waals surface area contributed by atoms with E-state index in [4.69, 9.17) is 4.74 Å². The van der Waals surface area contributed by atoms with Crippen molar-refractivity contribution < 1.29 is 4.74 Å². The number of nitrogens with one attached hydrogen (secondary N) is 2. The van der Waals surface area contributed by atoms with Crippen molar-refractivity contribution in [3.8, 4) is 0 Å². The maximum atomic E-state index is 5.61. The summed E-state index contributed by atoms with van der Waals surface area (Å²) in [7, 11) is 0. The molecule has 2 rings (SSSR count). The third-order valence-corrected chi connectivity index (χ3v) is 2.69. The standard InChI is InChI=1S/C9H18N2O/c1-2-4-12-9(3-1)7-11-8-5-10-6-8/h8-11H,1-7H2. The summed E-state index contributed by atoms with van der Waals surface area (Å²) in [6, 6.07) is 0.704. The van der Waals surface area contributed by atoms with Gasteiger partial charge in [-0.3, -0.25) is 0 Å². The molecule has 0 amide bonds. The average molecular weight is 170 g/mol. The van der Waals surface area contributed by atoms with Crippen LogP contribution in [0.4, 0.5) is 0 Å². The molecular formula is C9H18N2O. The average Bonchev–Trinajstić information content (AvgIpc) is 2.04. The van der Waals surface area contributed by atoms with Gasteiger partial charge in [-0.2, -0.15) is 0 Å². The molecule has 1 unspecified atom stereocenters. The van der Waals surface area contributed by atoms with Gasteiger partial charge in [-0.1, -0.05) is 0 Å². The molecule has 2 aliphatic heterocycles. The van der Waals surface area contributed by atoms with Crippen LogP contribution in [0, 0.1) is 0 Å². The minimum Gasteiger partial charge on any atom is -0.377 e. The fourth-order valence-corrected chi connectivity index (χ4v) is 1.70. The molecule has 2 saturated heterocycles. The van der Waals surface area contributed by atoms with E-state index in [0.29, 0.717) is 12.1 Å². The highest BCUT2D eigenvalue weighted by molar-refractivity contribution is 4.82. The number of rotatable bonds is 3. The van der Waals surface area contributed by atoms with E-state index in [1.54, 1.807) is 0 Å². The van der Waals surface area contributed by atoms with E-state index in [9.17, 15) is 0 Å². The van der Waals surface area contributed by atoms with Gasteiger partial charge in [0.15, 0.2) is 0 Å². The van der Waals surface area contributed by atoms with Crippen molar-refractivity contribution in [3.05, 3.63) is 0 Å². The summed E-state index contributed by atoms with van der Waals surface area (Å²) in [5, 5.41) is 6.75. The maximum absolute atomic E-state index is 5.61. The minimum atomic E-state index is 0.486. The quantitative estimate of drug-likeness (QED) is 0.631. The van der Waals surface area contributed by atoms with Gasteiger partial charge in [-0.15, -0.1) is 0 Å². The van der Waals surface area contributed by atoms with Crippen LogP contribution < -0.4 is 10.6 Å². The van der Waals surface area contributed by atoms with Gasteiger partial charge in [0.1, 0.15) is 0 Å². The molecular weight excluding hydrogens is 152 g/mol. The van der Waals surface area contributed by atoms with Crippen LogP contribution in [-0.2, 0) is 4.74 Å². The molecule has 70 valence electrons. The Kier molecular flexibility index (Phi) is 2.98. The Bertz CT molecular complexity index is 130. The van der Waals surface area contributed by atoms with Crippen LogP contribution in [0.5, 0.6) is 0 Å². The lowest BCUT2D eigenvalue weighted by Crippen LogP contribution is -2.56. The molecule has 2 fully saturated rings. The lowest BCUT2D eigenvalue weighted by atomic mass is 10.1. The molecule has 0 aromatic rings. The van der Waals surface area contributed by atoms with Gasteiger partial charge in [-0.25, -0.2) is 0 Å². The third-order valence-electron chi connectivity index (χ3n) is 2.69. The molecule has 0 saturated carbocycles. The molecule has 0 radical (unpaired) electrons. The van der Waals surface area contributed by atoms with E-state index >= 15 is 0 Å². The molecule has 1 atom stereocenters. The van der Waals surface area contributed by atoms with Crippen LogP contribution in [0.1, 0.15) is 19.3 Å². The molecule has 2 aliphatic rings. The molecule has 2 N–H and O–H groups in total. The highest BCUT2D eigenvalue weighted by Gasteiger charge is 2.19. The fourth-order valence-electron chi connectivity index (χ4n) is 1.70. The van der Waals surface area contributed by atoms with Crippen molar-refractivity contribution in [2.24, 2.45) is 0 Å². The Morgan fingerprint density at radius 1 is 1.33 bits per heavy atom. The topological polar surface area (TPSA) is 33.3 Å². The van der Waals surface area contributed by atoms with E-state index < -0.39 is 0 Å². The van der Waals surface area contributed by atoms with E-state index in [-0.39, 0.29) is 0 Å². The molecule has 3 nitrogen and oxygen atoms in total. The van der Waals surface area contributed by atoms with Gasteiger partial charge in [0.25, 0.3) is 0 Å². The molecule has 0 spiro atoms. The van der Waals surface area contributed by atoms with Gasteiger partial charge >= 0.3 is 0 Å². The van der Waals surface area contributed by atoms with Gasteiger partial charge in [0.2, 0.25) is 0 Å². The first kappa shape index (κ1) is 8.48. The van der Waals surface area contributed by atoms with Crippen molar-refractivity contribution in [1.29, 1.82) is 0 Å². The van der Waals surface area contributed by atoms with E-state index in [2.05, 4.69) is 10.6 Å². The number of hydrogen-bond donors (Lipinski definition) is 2. The van der Waals surface area contributed by atoms with E-state index in [0.717, 1.165) is 26.2 Å². The van der Waals surface area contributed by atoms with Crippen molar-refractivity contribution in [2.45, 2.75) is 31.4 Å². The van der Waals surface area contributed by atoms with Gasteiger partial charge in [-0.05, 0) is 19.3 Å². The molecule has 0 aromatic carbocycles. The summed E-state index contributed by atoms with van der Waals surface area (Å²) in [4.78, 5) is 0. The minimum absolute atomic E-state index is 0.486. The Balaban J connectivity index is 1.58. The van der Waals surface area contributed by atoms with Crippen LogP contribution >= 0.6 is 0 Å². The molecule has 2 heterocycles. The maximum Gasteiger partial charge on any atom is 0.0699 e. The summed E-state index contributed by atoms with van der Waals surface area (Å²) < 4.78 is 5.61. The van der Waals surface area contributed by atoms with Gasteiger partial charge in [0.05, 0.1) is 6.10 Å². The monoisotopic (exact) mass is 170 g/mol. The second-order valence-corrected chi connectivity index (χ2v) is 3.75. The van der Waals surface area contributed by atoms with Gasteiger partial charge < -0.3 is 15.4 Å².